The topological polar surface area (TPSA) is 43.1 Å². The quantitative estimate of drug-likeness (QED) is 0.741. The minimum Gasteiger partial charge on any atom is -0.338 e. The molecule has 5 nitrogen and oxygen atoms in total. The van der Waals surface area contributed by atoms with E-state index in [2.05, 4.69) is 23.3 Å². The second-order valence-corrected chi connectivity index (χ2v) is 6.63. The van der Waals surface area contributed by atoms with Crippen molar-refractivity contribution in [2.75, 3.05) is 6.54 Å². The van der Waals surface area contributed by atoms with Gasteiger partial charge in [0.15, 0.2) is 0 Å². The van der Waals surface area contributed by atoms with Crippen molar-refractivity contribution in [1.82, 2.24) is 19.2 Å². The Morgan fingerprint density at radius 2 is 2.17 bits per heavy atom. The van der Waals surface area contributed by atoms with Crippen LogP contribution in [-0.2, 0) is 17.9 Å². The van der Waals surface area contributed by atoms with E-state index >= 15 is 0 Å². The van der Waals surface area contributed by atoms with Crippen LogP contribution in [0.15, 0.2) is 48.9 Å². The number of fused-ring (bicyclic) bond motifs is 1. The van der Waals surface area contributed by atoms with E-state index in [0.29, 0.717) is 6.54 Å². The van der Waals surface area contributed by atoms with Gasteiger partial charge in [-0.1, -0.05) is 18.2 Å². The normalized spacial score (nSPS) is 17.7. The molecule has 0 aliphatic carbocycles. The van der Waals surface area contributed by atoms with Crippen molar-refractivity contribution in [3.63, 3.8) is 0 Å². The van der Waals surface area contributed by atoms with Crippen molar-refractivity contribution in [1.29, 1.82) is 0 Å². The number of amides is 1. The summed E-state index contributed by atoms with van der Waals surface area (Å²) in [6.07, 6.45) is 8.04. The van der Waals surface area contributed by atoms with Crippen LogP contribution in [0.5, 0.6) is 0 Å². The van der Waals surface area contributed by atoms with E-state index in [1.807, 2.05) is 51.8 Å². The fourth-order valence-electron chi connectivity index (χ4n) is 3.65. The predicted octanol–water partition coefficient (Wildman–Crippen LogP) is 2.84. The summed E-state index contributed by atoms with van der Waals surface area (Å²) in [4.78, 5) is 14.9. The van der Waals surface area contributed by atoms with E-state index in [4.69, 9.17) is 0 Å². The van der Waals surface area contributed by atoms with Gasteiger partial charge in [-0.2, -0.15) is 5.10 Å². The maximum Gasteiger partial charge on any atom is 0.242 e. The van der Waals surface area contributed by atoms with Gasteiger partial charge >= 0.3 is 0 Å². The highest BCUT2D eigenvalue weighted by atomic mass is 16.2. The fraction of sp³-hybridized carbons (Fsp3) is 0.368. The lowest BCUT2D eigenvalue weighted by molar-refractivity contribution is -0.132. The third-order valence-corrected chi connectivity index (χ3v) is 4.84. The number of likely N-dealkylation sites (tertiary alicyclic amines) is 1. The molecule has 3 aromatic rings. The molecule has 0 N–H and O–H groups in total. The molecular formula is C19H22N4O. The number of para-hydroxylation sites is 1. The van der Waals surface area contributed by atoms with Crippen LogP contribution in [0.2, 0.25) is 0 Å². The molecule has 1 fully saturated rings. The number of carbonyl (C=O) groups is 1. The number of carbonyl (C=O) groups excluding carboxylic acids is 1. The molecule has 1 atom stereocenters. The Balaban J connectivity index is 1.48. The Hall–Kier alpha value is -2.56. The van der Waals surface area contributed by atoms with E-state index in [1.54, 1.807) is 0 Å². The number of aryl methyl sites for hydroxylation is 1. The standard InChI is InChI=1S/C19H22N4O/c1-15-11-20-22(12-15)13-17-6-4-9-23(17)19(24)14-21-10-8-16-5-2-3-7-18(16)21/h2-3,5,7-8,10-12,17H,4,6,9,13-14H2,1H3/t17-/m1/s1. The van der Waals surface area contributed by atoms with E-state index in [-0.39, 0.29) is 11.9 Å². The summed E-state index contributed by atoms with van der Waals surface area (Å²) < 4.78 is 4.00. The third-order valence-electron chi connectivity index (χ3n) is 4.84. The first-order valence-electron chi connectivity index (χ1n) is 8.53. The number of benzene rings is 1. The van der Waals surface area contributed by atoms with E-state index in [9.17, 15) is 4.79 Å². The Bertz CT molecular complexity index is 863. The fourth-order valence-corrected chi connectivity index (χ4v) is 3.65. The van der Waals surface area contributed by atoms with E-state index in [0.717, 1.165) is 37.0 Å². The van der Waals surface area contributed by atoms with Crippen molar-refractivity contribution >= 4 is 16.8 Å². The number of hydrogen-bond donors (Lipinski definition) is 0. The molecule has 1 aliphatic rings. The van der Waals surface area contributed by atoms with Crippen molar-refractivity contribution < 1.29 is 4.79 Å². The monoisotopic (exact) mass is 322 g/mol. The van der Waals surface area contributed by atoms with Gasteiger partial charge in [-0.15, -0.1) is 0 Å². The Labute approximate surface area is 141 Å². The Kier molecular flexibility index (Phi) is 3.84. The summed E-state index contributed by atoms with van der Waals surface area (Å²) in [5.74, 6) is 0.197. The maximum absolute atomic E-state index is 12.8. The number of hydrogen-bond acceptors (Lipinski definition) is 2. The van der Waals surface area contributed by atoms with E-state index < -0.39 is 0 Å². The molecular weight excluding hydrogens is 300 g/mol. The van der Waals surface area contributed by atoms with Crippen LogP contribution < -0.4 is 0 Å². The van der Waals surface area contributed by atoms with Gasteiger partial charge in [0.1, 0.15) is 6.54 Å². The van der Waals surface area contributed by atoms with Gasteiger partial charge in [0.05, 0.1) is 18.8 Å². The van der Waals surface area contributed by atoms with Crippen LogP contribution >= 0.6 is 0 Å². The summed E-state index contributed by atoms with van der Waals surface area (Å²) in [6.45, 7) is 4.08. The first-order chi connectivity index (χ1) is 11.7. The average molecular weight is 322 g/mol. The van der Waals surface area contributed by atoms with Crippen LogP contribution in [0.4, 0.5) is 0 Å². The Morgan fingerprint density at radius 3 is 3.00 bits per heavy atom. The van der Waals surface area contributed by atoms with Gasteiger partial charge in [0.25, 0.3) is 0 Å². The van der Waals surface area contributed by atoms with Gasteiger partial charge in [0.2, 0.25) is 5.91 Å². The van der Waals surface area contributed by atoms with E-state index in [1.165, 1.54) is 5.39 Å². The van der Waals surface area contributed by atoms with Crippen LogP contribution in [0.1, 0.15) is 18.4 Å². The summed E-state index contributed by atoms with van der Waals surface area (Å²) in [5, 5.41) is 5.54. The zero-order chi connectivity index (χ0) is 16.5. The number of aromatic nitrogens is 3. The molecule has 5 heteroatoms. The molecule has 0 spiro atoms. The lowest BCUT2D eigenvalue weighted by Crippen LogP contribution is -2.40. The van der Waals surface area contributed by atoms with Crippen LogP contribution in [0.25, 0.3) is 10.9 Å². The Morgan fingerprint density at radius 1 is 1.29 bits per heavy atom. The zero-order valence-electron chi connectivity index (χ0n) is 13.9. The number of nitrogens with zero attached hydrogens (tertiary/aromatic N) is 4. The second kappa shape index (κ2) is 6.15. The summed E-state index contributed by atoms with van der Waals surface area (Å²) in [6, 6.07) is 10.5. The average Bonchev–Trinajstić information content (AvgIpc) is 3.29. The van der Waals surface area contributed by atoms with Crippen LogP contribution in [0, 0.1) is 6.92 Å². The molecule has 4 rings (SSSR count). The van der Waals surface area contributed by atoms with Gasteiger partial charge in [0, 0.05) is 24.5 Å². The molecule has 124 valence electrons. The highest BCUT2D eigenvalue weighted by Crippen LogP contribution is 2.21. The van der Waals surface area contributed by atoms with Gasteiger partial charge < -0.3 is 9.47 Å². The molecule has 1 amide bonds. The van der Waals surface area contributed by atoms with Gasteiger partial charge in [-0.3, -0.25) is 9.48 Å². The molecule has 1 aromatic carbocycles. The third kappa shape index (κ3) is 2.82. The summed E-state index contributed by atoms with van der Waals surface area (Å²) >= 11 is 0. The van der Waals surface area contributed by atoms with Crippen LogP contribution in [0.3, 0.4) is 0 Å². The SMILES string of the molecule is Cc1cnn(C[C@H]2CCCN2C(=O)Cn2ccc3ccccc32)c1. The van der Waals surface area contributed by atoms with Gasteiger partial charge in [-0.05, 0) is 42.8 Å². The largest absolute Gasteiger partial charge is 0.338 e. The second-order valence-electron chi connectivity index (χ2n) is 6.63. The number of rotatable bonds is 4. The molecule has 24 heavy (non-hydrogen) atoms. The lowest BCUT2D eigenvalue weighted by Gasteiger charge is -2.25. The molecule has 1 aliphatic heterocycles. The van der Waals surface area contributed by atoms with Crippen molar-refractivity contribution in [3.8, 4) is 0 Å². The maximum atomic E-state index is 12.8. The highest BCUT2D eigenvalue weighted by Gasteiger charge is 2.29. The molecule has 0 radical (unpaired) electrons. The molecule has 3 heterocycles. The first-order valence-corrected chi connectivity index (χ1v) is 8.53. The molecule has 0 saturated carbocycles. The highest BCUT2D eigenvalue weighted by molar-refractivity contribution is 5.83. The molecule has 1 saturated heterocycles. The minimum atomic E-state index is 0.197. The van der Waals surface area contributed by atoms with Crippen molar-refractivity contribution in [2.24, 2.45) is 0 Å². The lowest BCUT2D eigenvalue weighted by atomic mass is 10.2. The molecule has 2 aromatic heterocycles. The molecule has 0 unspecified atom stereocenters. The minimum absolute atomic E-state index is 0.197. The predicted molar refractivity (Wildman–Crippen MR) is 93.6 cm³/mol. The van der Waals surface area contributed by atoms with Gasteiger partial charge in [-0.25, -0.2) is 0 Å². The van der Waals surface area contributed by atoms with Crippen molar-refractivity contribution in [3.05, 3.63) is 54.5 Å². The van der Waals surface area contributed by atoms with Crippen LogP contribution in [-0.4, -0.2) is 37.7 Å². The zero-order valence-corrected chi connectivity index (χ0v) is 13.9. The summed E-state index contributed by atoms with van der Waals surface area (Å²) in [7, 11) is 0. The summed E-state index contributed by atoms with van der Waals surface area (Å²) in [5.41, 5.74) is 2.27. The smallest absolute Gasteiger partial charge is 0.242 e. The first kappa shape index (κ1) is 15.0. The van der Waals surface area contributed by atoms with Crippen molar-refractivity contribution in [2.45, 2.75) is 38.9 Å². The molecule has 0 bridgehead atoms.